The molecule has 1 aliphatic heterocycles. The fourth-order valence-corrected chi connectivity index (χ4v) is 3.57. The Kier molecular flexibility index (Phi) is 3.90. The fraction of sp³-hybridized carbons (Fsp3) is 0.300. The molecule has 4 rings (SSSR count). The average molecular weight is 353 g/mol. The molecule has 26 heavy (non-hydrogen) atoms. The summed E-state index contributed by atoms with van der Waals surface area (Å²) in [6, 6.07) is 8.04. The molecule has 5 nitrogen and oxygen atoms in total. The molecule has 0 spiro atoms. The molecule has 0 radical (unpaired) electrons. The van der Waals surface area contributed by atoms with Crippen LogP contribution < -0.4 is 0 Å². The molecular formula is C20H20FN3O2. The van der Waals surface area contributed by atoms with Gasteiger partial charge in [0, 0.05) is 18.1 Å². The van der Waals surface area contributed by atoms with Crippen molar-refractivity contribution in [3.05, 3.63) is 53.1 Å². The average Bonchev–Trinajstić information content (AvgIpc) is 2.90. The monoisotopic (exact) mass is 353 g/mol. The molecule has 1 aliphatic rings. The summed E-state index contributed by atoms with van der Waals surface area (Å²) in [6.07, 6.45) is 2.09. The summed E-state index contributed by atoms with van der Waals surface area (Å²) in [7, 11) is 0. The normalized spacial score (nSPS) is 13.4. The minimum atomic E-state index is -0.243. The van der Waals surface area contributed by atoms with Crippen LogP contribution in [0.4, 0.5) is 4.39 Å². The highest BCUT2D eigenvalue weighted by Gasteiger charge is 2.25. The van der Waals surface area contributed by atoms with Crippen LogP contribution in [0.25, 0.3) is 17.1 Å². The van der Waals surface area contributed by atoms with Crippen LogP contribution in [0.2, 0.25) is 0 Å². The number of halogens is 1. The predicted molar refractivity (Wildman–Crippen MR) is 96.2 cm³/mol. The largest absolute Gasteiger partial charge is 0.508 e. The van der Waals surface area contributed by atoms with Crippen molar-refractivity contribution in [1.29, 1.82) is 0 Å². The van der Waals surface area contributed by atoms with Gasteiger partial charge in [0.25, 0.3) is 0 Å². The Labute approximate surface area is 150 Å². The zero-order valence-electron chi connectivity index (χ0n) is 14.7. The maximum atomic E-state index is 14.4. The lowest BCUT2D eigenvalue weighted by molar-refractivity contribution is 0.444. The van der Waals surface area contributed by atoms with Crippen LogP contribution in [-0.4, -0.2) is 25.0 Å². The zero-order valence-corrected chi connectivity index (χ0v) is 14.7. The Hall–Kier alpha value is -2.89. The second kappa shape index (κ2) is 6.12. The van der Waals surface area contributed by atoms with E-state index in [1.807, 2.05) is 24.5 Å². The van der Waals surface area contributed by atoms with Crippen molar-refractivity contribution >= 4 is 0 Å². The third-order valence-corrected chi connectivity index (χ3v) is 4.90. The Bertz CT molecular complexity index is 995. The SMILES string of the molecule is CC(C)c1cc(-c2nnc3n2-c2cccc(F)c2CCC3)c(O)cc1O. The number of aryl methyl sites for hydroxylation is 1. The number of phenols is 2. The van der Waals surface area contributed by atoms with Gasteiger partial charge in [-0.15, -0.1) is 10.2 Å². The molecule has 0 aliphatic carbocycles. The maximum Gasteiger partial charge on any atom is 0.172 e. The summed E-state index contributed by atoms with van der Waals surface area (Å²) in [5.74, 6) is 0.988. The number of fused-ring (bicyclic) bond motifs is 3. The Morgan fingerprint density at radius 3 is 2.65 bits per heavy atom. The smallest absolute Gasteiger partial charge is 0.172 e. The maximum absolute atomic E-state index is 14.4. The van der Waals surface area contributed by atoms with Gasteiger partial charge in [-0.05, 0) is 42.5 Å². The van der Waals surface area contributed by atoms with Gasteiger partial charge in [-0.25, -0.2) is 4.39 Å². The lowest BCUT2D eigenvalue weighted by atomic mass is 9.98. The Balaban J connectivity index is 1.99. The number of hydrogen-bond donors (Lipinski definition) is 2. The molecule has 2 aromatic carbocycles. The first-order valence-corrected chi connectivity index (χ1v) is 8.75. The van der Waals surface area contributed by atoms with E-state index < -0.39 is 0 Å². The quantitative estimate of drug-likeness (QED) is 0.728. The van der Waals surface area contributed by atoms with Gasteiger partial charge in [0.05, 0.1) is 11.3 Å². The summed E-state index contributed by atoms with van der Waals surface area (Å²) in [6.45, 7) is 3.93. The van der Waals surface area contributed by atoms with E-state index in [2.05, 4.69) is 10.2 Å². The molecule has 0 saturated carbocycles. The van der Waals surface area contributed by atoms with Gasteiger partial charge in [-0.2, -0.15) is 0 Å². The predicted octanol–water partition coefficient (Wildman–Crippen LogP) is 4.10. The lowest BCUT2D eigenvalue weighted by Gasteiger charge is -2.15. The number of rotatable bonds is 2. The molecule has 2 heterocycles. The van der Waals surface area contributed by atoms with Gasteiger partial charge in [-0.1, -0.05) is 19.9 Å². The molecule has 2 N–H and O–H groups in total. The van der Waals surface area contributed by atoms with Crippen LogP contribution in [0.1, 0.15) is 43.1 Å². The highest BCUT2D eigenvalue weighted by molar-refractivity contribution is 5.70. The van der Waals surface area contributed by atoms with Crippen molar-refractivity contribution in [2.24, 2.45) is 0 Å². The number of phenolic OH excluding ortho intramolecular Hbond substituents is 2. The third kappa shape index (κ3) is 2.53. The minimum absolute atomic E-state index is 0.0447. The highest BCUT2D eigenvalue weighted by Crippen LogP contribution is 2.39. The van der Waals surface area contributed by atoms with E-state index in [0.29, 0.717) is 41.0 Å². The van der Waals surface area contributed by atoms with Gasteiger partial charge >= 0.3 is 0 Å². The van der Waals surface area contributed by atoms with Crippen LogP contribution in [0.15, 0.2) is 30.3 Å². The number of nitrogens with zero attached hydrogens (tertiary/aromatic N) is 3. The van der Waals surface area contributed by atoms with E-state index in [1.165, 1.54) is 12.1 Å². The van der Waals surface area contributed by atoms with E-state index in [1.54, 1.807) is 12.1 Å². The molecule has 0 unspecified atom stereocenters. The fourth-order valence-electron chi connectivity index (χ4n) is 3.57. The number of hydrogen-bond acceptors (Lipinski definition) is 4. The molecule has 6 heteroatoms. The van der Waals surface area contributed by atoms with Crippen molar-refractivity contribution in [3.8, 4) is 28.6 Å². The summed E-state index contributed by atoms with van der Waals surface area (Å²) < 4.78 is 16.2. The van der Waals surface area contributed by atoms with Crippen LogP contribution in [0.3, 0.4) is 0 Å². The first-order valence-electron chi connectivity index (χ1n) is 8.75. The molecule has 0 fully saturated rings. The Morgan fingerprint density at radius 2 is 1.88 bits per heavy atom. The van der Waals surface area contributed by atoms with E-state index >= 15 is 0 Å². The third-order valence-electron chi connectivity index (χ3n) is 4.90. The molecule has 1 aromatic heterocycles. The molecule has 0 amide bonds. The van der Waals surface area contributed by atoms with Crippen LogP contribution in [-0.2, 0) is 12.8 Å². The molecule has 134 valence electrons. The van der Waals surface area contributed by atoms with Gasteiger partial charge in [0.2, 0.25) is 0 Å². The van der Waals surface area contributed by atoms with Gasteiger partial charge in [0.1, 0.15) is 23.1 Å². The van der Waals surface area contributed by atoms with Gasteiger partial charge in [-0.3, -0.25) is 4.57 Å². The van der Waals surface area contributed by atoms with Crippen molar-refractivity contribution in [3.63, 3.8) is 0 Å². The summed E-state index contributed by atoms with van der Waals surface area (Å²) in [4.78, 5) is 0. The zero-order chi connectivity index (χ0) is 18.4. The van der Waals surface area contributed by atoms with E-state index in [9.17, 15) is 14.6 Å². The molecule has 0 atom stereocenters. The number of aromatic hydroxyl groups is 2. The first-order chi connectivity index (χ1) is 12.5. The van der Waals surface area contributed by atoms with Gasteiger partial charge in [0.15, 0.2) is 5.82 Å². The second-order valence-electron chi connectivity index (χ2n) is 6.95. The lowest BCUT2D eigenvalue weighted by Crippen LogP contribution is -2.04. The second-order valence-corrected chi connectivity index (χ2v) is 6.95. The topological polar surface area (TPSA) is 71.2 Å². The van der Waals surface area contributed by atoms with Crippen molar-refractivity contribution < 1.29 is 14.6 Å². The van der Waals surface area contributed by atoms with Crippen molar-refractivity contribution in [2.75, 3.05) is 0 Å². The summed E-state index contributed by atoms with van der Waals surface area (Å²) in [5, 5.41) is 29.1. The molecule has 3 aromatic rings. The van der Waals surface area contributed by atoms with Crippen LogP contribution in [0, 0.1) is 5.82 Å². The molecular weight excluding hydrogens is 333 g/mol. The molecule has 0 bridgehead atoms. The summed E-state index contributed by atoms with van der Waals surface area (Å²) >= 11 is 0. The molecule has 0 saturated heterocycles. The van der Waals surface area contributed by atoms with Crippen LogP contribution in [0.5, 0.6) is 11.5 Å². The van der Waals surface area contributed by atoms with Crippen molar-refractivity contribution in [2.45, 2.75) is 39.0 Å². The van der Waals surface area contributed by atoms with E-state index in [4.69, 9.17) is 0 Å². The van der Waals surface area contributed by atoms with Crippen LogP contribution >= 0.6 is 0 Å². The van der Waals surface area contributed by atoms with E-state index in [-0.39, 0.29) is 23.2 Å². The highest BCUT2D eigenvalue weighted by atomic mass is 19.1. The number of aromatic nitrogens is 3. The minimum Gasteiger partial charge on any atom is -0.508 e. The standard InChI is InChI=1S/C20H20FN3O2/c1-11(2)13-9-14(18(26)10-17(13)25)20-23-22-19-8-3-5-12-15(21)6-4-7-16(12)24(19)20/h4,6-7,9-11,25-26H,3,5,8H2,1-2H3. The first kappa shape index (κ1) is 16.6. The van der Waals surface area contributed by atoms with Gasteiger partial charge < -0.3 is 10.2 Å². The number of benzene rings is 2. The van der Waals surface area contributed by atoms with Crippen molar-refractivity contribution in [1.82, 2.24) is 14.8 Å². The Morgan fingerprint density at radius 1 is 1.08 bits per heavy atom. The summed E-state index contributed by atoms with van der Waals surface area (Å²) in [5.41, 5.74) is 2.52. The van der Waals surface area contributed by atoms with E-state index in [0.717, 1.165) is 12.2 Å².